The van der Waals surface area contributed by atoms with E-state index < -0.39 is 23.3 Å². The van der Waals surface area contributed by atoms with E-state index in [1.807, 2.05) is 46.8 Å². The summed E-state index contributed by atoms with van der Waals surface area (Å²) in [5, 5.41) is 39.9. The number of aliphatic carboxylic acids is 1. The first-order chi connectivity index (χ1) is 33.7. The first-order valence-corrected chi connectivity index (χ1v) is 26.0. The number of benzene rings is 4. The van der Waals surface area contributed by atoms with Gasteiger partial charge in [0.25, 0.3) is 0 Å². The monoisotopic (exact) mass is 971 g/mol. The molecule has 1 saturated heterocycles. The van der Waals surface area contributed by atoms with E-state index in [0.29, 0.717) is 44.5 Å². The van der Waals surface area contributed by atoms with Gasteiger partial charge in [-0.25, -0.2) is 0 Å². The number of carboxylic acids is 1. The van der Waals surface area contributed by atoms with E-state index in [1.165, 1.54) is 22.3 Å². The highest BCUT2D eigenvalue weighted by Crippen LogP contribution is 2.42. The van der Waals surface area contributed by atoms with Gasteiger partial charge in [0.15, 0.2) is 0 Å². The number of carbonyl (C=O) groups is 2. The summed E-state index contributed by atoms with van der Waals surface area (Å²) >= 11 is 0. The van der Waals surface area contributed by atoms with Crippen LogP contribution in [0.5, 0.6) is 11.5 Å². The first kappa shape index (κ1) is 58.0. The van der Waals surface area contributed by atoms with Gasteiger partial charge in [-0.1, -0.05) is 128 Å². The SMILES string of the molecule is CCC(O)(C#Cc1ccc(C(CC)(CC)c2ccc(OC[C@H](O)CCC(=O)O)c(C)c2)cc1C)CC.CCC(O)(C#Cc1ccc(C(CC)(CC)c2ccc(OC[C@H]3CCC(=O)O3)c(C)c2)cc1C)CC. The number of rotatable bonds is 21. The zero-order chi connectivity index (χ0) is 52.6. The van der Waals surface area contributed by atoms with Crippen LogP contribution in [0.4, 0.5) is 0 Å². The average molecular weight is 971 g/mol. The van der Waals surface area contributed by atoms with Gasteiger partial charge in [0, 0.05) is 34.8 Å². The summed E-state index contributed by atoms with van der Waals surface area (Å²) in [6, 6.07) is 25.6. The summed E-state index contributed by atoms with van der Waals surface area (Å²) in [4.78, 5) is 22.1. The van der Waals surface area contributed by atoms with E-state index in [9.17, 15) is 24.9 Å². The molecule has 4 aromatic rings. The minimum absolute atomic E-state index is 0.0625. The summed E-state index contributed by atoms with van der Waals surface area (Å²) in [6.45, 7) is 25.4. The second-order valence-electron chi connectivity index (χ2n) is 19.4. The van der Waals surface area contributed by atoms with Gasteiger partial charge in [0.05, 0.1) is 6.10 Å². The Labute approximate surface area is 425 Å². The van der Waals surface area contributed by atoms with E-state index >= 15 is 0 Å². The molecular formula is C62H82O9. The number of aryl methyl sites for hydroxylation is 4. The number of ether oxygens (including phenoxy) is 3. The molecule has 5 rings (SSSR count). The van der Waals surface area contributed by atoms with Crippen LogP contribution in [0.3, 0.4) is 0 Å². The molecule has 9 heteroatoms. The lowest BCUT2D eigenvalue weighted by molar-refractivity contribution is -0.142. The van der Waals surface area contributed by atoms with Crippen LogP contribution < -0.4 is 9.47 Å². The molecule has 0 spiro atoms. The van der Waals surface area contributed by atoms with Crippen LogP contribution in [-0.4, -0.2) is 69.0 Å². The average Bonchev–Trinajstić information content (AvgIpc) is 3.80. The molecule has 4 aromatic carbocycles. The van der Waals surface area contributed by atoms with E-state index in [-0.39, 0.29) is 42.4 Å². The largest absolute Gasteiger partial charge is 0.491 e. The summed E-state index contributed by atoms with van der Waals surface area (Å²) in [5.41, 5.74) is 8.97. The molecule has 2 atom stereocenters. The minimum Gasteiger partial charge on any atom is -0.491 e. The standard InChI is InChI=1S/C31H42O5.C31H40O4/c1-7-30(35,8-2)18-17-24-11-12-25(19-22(24)5)31(9-3,10-4)26-13-15-28(23(6)20-26)36-21-27(32)14-16-29(33)34;1-7-30(33,8-2)18-17-24-11-12-25(19-22(24)5)31(9-3,10-4)26-13-15-28(23(6)20-26)34-21-27-14-16-29(32)35-27/h11-13,15,19-20,27,32,35H,7-10,14,16,21H2,1-6H3,(H,33,34);11-13,15,19-20,27,33H,7-10,14,16,21H2,1-6H3/t2*27-/m11/s1. The predicted molar refractivity (Wildman–Crippen MR) is 285 cm³/mol. The number of hydrogen-bond acceptors (Lipinski definition) is 8. The molecule has 1 heterocycles. The smallest absolute Gasteiger partial charge is 0.306 e. The maximum absolute atomic E-state index is 11.3. The van der Waals surface area contributed by atoms with Gasteiger partial charge in [-0.15, -0.1) is 0 Å². The van der Waals surface area contributed by atoms with Crippen LogP contribution in [-0.2, 0) is 25.2 Å². The second-order valence-corrected chi connectivity index (χ2v) is 19.4. The zero-order valence-electron chi connectivity index (χ0n) is 44.8. The topological polar surface area (TPSA) is 143 Å². The van der Waals surface area contributed by atoms with Crippen LogP contribution in [0.25, 0.3) is 0 Å². The Kier molecular flexibility index (Phi) is 21.4. The van der Waals surface area contributed by atoms with Crippen molar-refractivity contribution in [2.45, 2.75) is 194 Å². The van der Waals surface area contributed by atoms with Gasteiger partial charge < -0.3 is 34.6 Å². The van der Waals surface area contributed by atoms with Crippen molar-refractivity contribution in [3.05, 3.63) is 128 Å². The summed E-state index contributed by atoms with van der Waals surface area (Å²) in [6.07, 6.45) is 6.53. The molecule has 0 amide bonds. The zero-order valence-corrected chi connectivity index (χ0v) is 44.8. The van der Waals surface area contributed by atoms with Crippen LogP contribution >= 0.6 is 0 Å². The highest BCUT2D eigenvalue weighted by molar-refractivity contribution is 5.71. The fourth-order valence-electron chi connectivity index (χ4n) is 9.55. The van der Waals surface area contributed by atoms with Crippen LogP contribution in [0.2, 0.25) is 0 Å². The number of aliphatic hydroxyl groups excluding tert-OH is 1. The fourth-order valence-corrected chi connectivity index (χ4v) is 9.55. The number of cyclic esters (lactones) is 1. The van der Waals surface area contributed by atoms with Gasteiger partial charge in [0.2, 0.25) is 0 Å². The van der Waals surface area contributed by atoms with E-state index in [2.05, 4.69) is 133 Å². The number of esters is 1. The Balaban J connectivity index is 0.000000309. The van der Waals surface area contributed by atoms with E-state index in [0.717, 1.165) is 71.2 Å². The molecule has 0 unspecified atom stereocenters. The van der Waals surface area contributed by atoms with Crippen molar-refractivity contribution in [3.63, 3.8) is 0 Å². The highest BCUT2D eigenvalue weighted by Gasteiger charge is 2.33. The molecule has 1 aliphatic rings. The molecule has 9 nitrogen and oxygen atoms in total. The summed E-state index contributed by atoms with van der Waals surface area (Å²) < 4.78 is 17.1. The Hall–Kier alpha value is -5.58. The van der Waals surface area contributed by atoms with Crippen molar-refractivity contribution >= 4 is 11.9 Å². The Bertz CT molecular complexity index is 2530. The lowest BCUT2D eigenvalue weighted by Gasteiger charge is -2.34. The molecule has 1 fully saturated rings. The van der Waals surface area contributed by atoms with Gasteiger partial charge in [-0.2, -0.15) is 0 Å². The van der Waals surface area contributed by atoms with Gasteiger partial charge in [-0.05, 0) is 161 Å². The third-order valence-electron chi connectivity index (χ3n) is 15.1. The quantitative estimate of drug-likeness (QED) is 0.0474. The van der Waals surface area contributed by atoms with Crippen LogP contribution in [0.15, 0.2) is 72.8 Å². The Morgan fingerprint density at radius 3 is 1.35 bits per heavy atom. The lowest BCUT2D eigenvalue weighted by atomic mass is 9.70. The van der Waals surface area contributed by atoms with Crippen molar-refractivity contribution < 1.29 is 44.2 Å². The normalized spacial score (nSPS) is 14.2. The van der Waals surface area contributed by atoms with Crippen molar-refractivity contribution in [2.24, 2.45) is 0 Å². The fraction of sp³-hybridized carbons (Fsp3) is 0.516. The Morgan fingerprint density at radius 1 is 0.620 bits per heavy atom. The molecular weight excluding hydrogens is 889 g/mol. The first-order valence-electron chi connectivity index (χ1n) is 26.0. The van der Waals surface area contributed by atoms with Crippen LogP contribution in [0.1, 0.15) is 188 Å². The molecule has 0 aliphatic carbocycles. The van der Waals surface area contributed by atoms with Crippen molar-refractivity contribution in [3.8, 4) is 35.2 Å². The molecule has 1 aliphatic heterocycles. The highest BCUT2D eigenvalue weighted by atomic mass is 16.6. The number of carbonyl (C=O) groups excluding carboxylic acids is 1. The molecule has 0 saturated carbocycles. The van der Waals surface area contributed by atoms with Gasteiger partial charge >= 0.3 is 11.9 Å². The summed E-state index contributed by atoms with van der Waals surface area (Å²) in [7, 11) is 0. The van der Waals surface area contributed by atoms with Crippen LogP contribution in [0, 0.1) is 51.4 Å². The minimum atomic E-state index is -0.949. The van der Waals surface area contributed by atoms with Gasteiger partial charge in [-0.3, -0.25) is 9.59 Å². The molecule has 0 radical (unpaired) electrons. The second kappa shape index (κ2) is 26.2. The van der Waals surface area contributed by atoms with Crippen molar-refractivity contribution in [2.75, 3.05) is 13.2 Å². The van der Waals surface area contributed by atoms with E-state index in [1.54, 1.807) is 0 Å². The molecule has 0 aromatic heterocycles. The third-order valence-corrected chi connectivity index (χ3v) is 15.1. The van der Waals surface area contributed by atoms with Crippen molar-refractivity contribution in [1.29, 1.82) is 0 Å². The summed E-state index contributed by atoms with van der Waals surface area (Å²) in [5.74, 6) is 13.0. The van der Waals surface area contributed by atoms with E-state index in [4.69, 9.17) is 19.3 Å². The molecule has 384 valence electrons. The maximum atomic E-state index is 11.3. The maximum Gasteiger partial charge on any atom is 0.306 e. The number of hydrogen-bond donors (Lipinski definition) is 4. The molecule has 0 bridgehead atoms. The predicted octanol–water partition coefficient (Wildman–Crippen LogP) is 12.3. The number of carboxylic acid groups (broad SMARTS) is 1. The van der Waals surface area contributed by atoms with Gasteiger partial charge in [0.1, 0.15) is 42.0 Å². The molecule has 4 N–H and O–H groups in total. The lowest BCUT2D eigenvalue weighted by Crippen LogP contribution is -2.26. The number of aliphatic hydroxyl groups is 3. The Morgan fingerprint density at radius 2 is 1.01 bits per heavy atom. The third kappa shape index (κ3) is 14.8. The molecule has 71 heavy (non-hydrogen) atoms. The van der Waals surface area contributed by atoms with Crippen molar-refractivity contribution in [1.82, 2.24) is 0 Å².